The van der Waals surface area contributed by atoms with Crippen LogP contribution in [0.15, 0.2) is 36.4 Å². The Morgan fingerprint density at radius 2 is 1.92 bits per heavy atom. The molecule has 8 heteroatoms. The van der Waals surface area contributed by atoms with Gasteiger partial charge in [-0.3, -0.25) is 9.59 Å². The van der Waals surface area contributed by atoms with Crippen molar-refractivity contribution < 1.29 is 28.2 Å². The molecule has 1 amide bonds. The Bertz CT molecular complexity index is 775. The number of thiophene rings is 1. The van der Waals surface area contributed by atoms with E-state index in [1.165, 1.54) is 23.5 Å². The maximum Gasteiger partial charge on any atom is 0.387 e. The Labute approximate surface area is 146 Å². The summed E-state index contributed by atoms with van der Waals surface area (Å²) in [5.41, 5.74) is 0.788. The summed E-state index contributed by atoms with van der Waals surface area (Å²) in [6.07, 6.45) is 0.463. The molecule has 0 spiro atoms. The number of aliphatic carboxylic acids is 1. The SMILES string of the molecule is O=C(O)C1CCN(C(=O)c2ccc(-c3ccc(OC(F)F)cc3)s2)C1. The number of halogens is 2. The summed E-state index contributed by atoms with van der Waals surface area (Å²) in [7, 11) is 0. The van der Waals surface area contributed by atoms with Crippen molar-refractivity contribution in [3.8, 4) is 16.2 Å². The second-order valence-electron chi connectivity index (χ2n) is 5.64. The van der Waals surface area contributed by atoms with Gasteiger partial charge in [0.25, 0.3) is 5.91 Å². The van der Waals surface area contributed by atoms with E-state index in [0.717, 1.165) is 10.4 Å². The minimum atomic E-state index is -2.87. The first-order valence-corrected chi connectivity index (χ1v) is 8.43. The normalized spacial score (nSPS) is 17.1. The Morgan fingerprint density at radius 3 is 2.52 bits per heavy atom. The fraction of sp³-hybridized carbons (Fsp3) is 0.294. The van der Waals surface area contributed by atoms with E-state index < -0.39 is 18.5 Å². The lowest BCUT2D eigenvalue weighted by atomic mass is 10.1. The number of rotatable bonds is 5. The van der Waals surface area contributed by atoms with E-state index in [2.05, 4.69) is 4.74 Å². The lowest BCUT2D eigenvalue weighted by molar-refractivity contribution is -0.141. The maximum absolute atomic E-state index is 12.5. The fourth-order valence-corrected chi connectivity index (χ4v) is 3.69. The van der Waals surface area contributed by atoms with Crippen LogP contribution in [-0.4, -0.2) is 41.6 Å². The van der Waals surface area contributed by atoms with Gasteiger partial charge in [-0.15, -0.1) is 11.3 Å². The number of carbonyl (C=O) groups is 2. The first kappa shape index (κ1) is 17.3. The van der Waals surface area contributed by atoms with Crippen LogP contribution in [0.4, 0.5) is 8.78 Å². The van der Waals surface area contributed by atoms with Crippen LogP contribution >= 0.6 is 11.3 Å². The van der Waals surface area contributed by atoms with Crippen LogP contribution in [0.2, 0.25) is 0 Å². The third-order valence-corrected chi connectivity index (χ3v) is 5.13. The molecule has 0 radical (unpaired) electrons. The number of amides is 1. The highest BCUT2D eigenvalue weighted by Gasteiger charge is 2.31. The molecule has 1 aliphatic rings. The number of alkyl halides is 2. The van der Waals surface area contributed by atoms with Crippen molar-refractivity contribution in [2.75, 3.05) is 13.1 Å². The molecule has 1 fully saturated rings. The molecule has 5 nitrogen and oxygen atoms in total. The Morgan fingerprint density at radius 1 is 1.20 bits per heavy atom. The van der Waals surface area contributed by atoms with Crippen molar-refractivity contribution in [2.24, 2.45) is 5.92 Å². The Kier molecular flexibility index (Phi) is 4.98. The van der Waals surface area contributed by atoms with E-state index in [0.29, 0.717) is 17.8 Å². The Balaban J connectivity index is 1.70. The number of hydrogen-bond donors (Lipinski definition) is 1. The summed E-state index contributed by atoms with van der Waals surface area (Å²) in [5.74, 6) is -1.50. The number of carboxylic acid groups (broad SMARTS) is 1. The predicted octanol–water partition coefficient (Wildman–Crippen LogP) is 3.56. The summed E-state index contributed by atoms with van der Waals surface area (Å²) in [4.78, 5) is 26.4. The molecule has 132 valence electrons. The van der Waals surface area contributed by atoms with Crippen LogP contribution in [0.25, 0.3) is 10.4 Å². The zero-order valence-corrected chi connectivity index (χ0v) is 13.8. The molecule has 1 aromatic heterocycles. The number of carbonyl (C=O) groups excluding carboxylic acids is 1. The largest absolute Gasteiger partial charge is 0.481 e. The van der Waals surface area contributed by atoms with Gasteiger partial charge in [-0.25, -0.2) is 0 Å². The number of carboxylic acids is 1. The van der Waals surface area contributed by atoms with Crippen molar-refractivity contribution >= 4 is 23.2 Å². The average Bonchev–Trinajstić information content (AvgIpc) is 3.24. The number of hydrogen-bond acceptors (Lipinski definition) is 4. The molecule has 3 rings (SSSR count). The maximum atomic E-state index is 12.5. The van der Waals surface area contributed by atoms with Crippen LogP contribution in [0.3, 0.4) is 0 Å². The minimum Gasteiger partial charge on any atom is -0.481 e. The molecule has 1 unspecified atom stereocenters. The number of ether oxygens (including phenoxy) is 1. The first-order valence-electron chi connectivity index (χ1n) is 7.61. The highest BCUT2D eigenvalue weighted by atomic mass is 32.1. The Hall–Kier alpha value is -2.48. The van der Waals surface area contributed by atoms with Crippen LogP contribution in [-0.2, 0) is 4.79 Å². The van der Waals surface area contributed by atoms with Crippen molar-refractivity contribution in [1.82, 2.24) is 4.90 Å². The van der Waals surface area contributed by atoms with Gasteiger partial charge < -0.3 is 14.7 Å². The molecule has 1 aromatic carbocycles. The molecular weight excluding hydrogens is 352 g/mol. The van der Waals surface area contributed by atoms with Gasteiger partial charge in [0, 0.05) is 18.0 Å². The van der Waals surface area contributed by atoms with Crippen molar-refractivity contribution in [3.63, 3.8) is 0 Å². The van der Waals surface area contributed by atoms with Crippen molar-refractivity contribution in [2.45, 2.75) is 13.0 Å². The highest BCUT2D eigenvalue weighted by molar-refractivity contribution is 7.17. The molecule has 0 aliphatic carbocycles. The van der Waals surface area contributed by atoms with Crippen molar-refractivity contribution in [1.29, 1.82) is 0 Å². The van der Waals surface area contributed by atoms with Crippen LogP contribution in [0.5, 0.6) is 5.75 Å². The predicted molar refractivity (Wildman–Crippen MR) is 88.0 cm³/mol. The molecule has 25 heavy (non-hydrogen) atoms. The van der Waals surface area contributed by atoms with Gasteiger partial charge in [0.15, 0.2) is 0 Å². The van der Waals surface area contributed by atoms with Gasteiger partial charge >= 0.3 is 12.6 Å². The van der Waals surface area contributed by atoms with Gasteiger partial charge in [0.1, 0.15) is 5.75 Å². The standard InChI is InChI=1S/C17H15F2NO4S/c18-17(19)24-12-3-1-10(2-4-12)13-5-6-14(25-13)15(21)20-8-7-11(9-20)16(22)23/h1-6,11,17H,7-9H2,(H,22,23). The molecule has 1 atom stereocenters. The van der Waals surface area contributed by atoms with Crippen molar-refractivity contribution in [3.05, 3.63) is 41.3 Å². The highest BCUT2D eigenvalue weighted by Crippen LogP contribution is 2.31. The van der Waals surface area contributed by atoms with Gasteiger partial charge in [0.2, 0.25) is 0 Å². The molecule has 0 saturated carbocycles. The van der Waals surface area contributed by atoms with Gasteiger partial charge in [-0.2, -0.15) is 8.78 Å². The van der Waals surface area contributed by atoms with Crippen LogP contribution < -0.4 is 4.74 Å². The summed E-state index contributed by atoms with van der Waals surface area (Å²) in [6.45, 7) is -2.21. The van der Waals surface area contributed by atoms with Gasteiger partial charge in [-0.05, 0) is 48.4 Å². The molecule has 1 aliphatic heterocycles. The third kappa shape index (κ3) is 3.96. The second kappa shape index (κ2) is 7.18. The summed E-state index contributed by atoms with van der Waals surface area (Å²) >= 11 is 1.28. The van der Waals surface area contributed by atoms with E-state index in [9.17, 15) is 18.4 Å². The van der Waals surface area contributed by atoms with E-state index in [4.69, 9.17) is 5.11 Å². The van der Waals surface area contributed by atoms with E-state index >= 15 is 0 Å². The monoisotopic (exact) mass is 367 g/mol. The minimum absolute atomic E-state index is 0.0726. The zero-order valence-electron chi connectivity index (χ0n) is 13.0. The first-order chi connectivity index (χ1) is 11.9. The van der Waals surface area contributed by atoms with Gasteiger partial charge in [-0.1, -0.05) is 0 Å². The summed E-state index contributed by atoms with van der Waals surface area (Å²) < 4.78 is 28.6. The summed E-state index contributed by atoms with van der Waals surface area (Å²) in [6, 6.07) is 9.66. The lowest BCUT2D eigenvalue weighted by Crippen LogP contribution is -2.29. The van der Waals surface area contributed by atoms with Crippen LogP contribution in [0, 0.1) is 5.92 Å². The average molecular weight is 367 g/mol. The molecule has 1 saturated heterocycles. The molecule has 0 bridgehead atoms. The van der Waals surface area contributed by atoms with Crippen LogP contribution in [0.1, 0.15) is 16.1 Å². The number of likely N-dealkylation sites (tertiary alicyclic amines) is 1. The molecule has 2 heterocycles. The molecule has 1 N–H and O–H groups in total. The van der Waals surface area contributed by atoms with E-state index in [1.54, 1.807) is 29.2 Å². The van der Waals surface area contributed by atoms with E-state index in [1.807, 2.05) is 0 Å². The summed E-state index contributed by atoms with van der Waals surface area (Å²) in [5, 5.41) is 9.02. The quantitative estimate of drug-likeness (QED) is 0.877. The molecular formula is C17H15F2NO4S. The topological polar surface area (TPSA) is 66.8 Å². The zero-order chi connectivity index (χ0) is 18.0. The number of benzene rings is 1. The van der Waals surface area contributed by atoms with Gasteiger partial charge in [0.05, 0.1) is 10.8 Å². The third-order valence-electron chi connectivity index (χ3n) is 4.01. The van der Waals surface area contributed by atoms with E-state index in [-0.39, 0.29) is 18.2 Å². The number of nitrogens with zero attached hydrogens (tertiary/aromatic N) is 1. The fourth-order valence-electron chi connectivity index (χ4n) is 2.71. The lowest BCUT2D eigenvalue weighted by Gasteiger charge is -2.14. The smallest absolute Gasteiger partial charge is 0.387 e. The molecule has 2 aromatic rings. The second-order valence-corrected chi connectivity index (χ2v) is 6.73.